The normalized spacial score (nSPS) is 10.7. The van der Waals surface area contributed by atoms with E-state index < -0.39 is 15.6 Å². The van der Waals surface area contributed by atoms with Crippen molar-refractivity contribution < 1.29 is 34.4 Å². The van der Waals surface area contributed by atoms with Gasteiger partial charge in [-0.2, -0.15) is 0 Å². The first kappa shape index (κ1) is 30.4. The minimum absolute atomic E-state index is 0.0436. The van der Waals surface area contributed by atoms with Crippen LogP contribution in [-0.4, -0.2) is 30.9 Å². The molecule has 1 heterocycles. The number of nitro benzene ring substituents is 2. The second kappa shape index (κ2) is 12.9. The summed E-state index contributed by atoms with van der Waals surface area (Å²) in [5.41, 5.74) is -0.178. The molecule has 0 radical (unpaired) electrons. The van der Waals surface area contributed by atoms with E-state index in [1.807, 2.05) is 0 Å². The summed E-state index contributed by atoms with van der Waals surface area (Å²) in [6.07, 6.45) is 2.34. The minimum atomic E-state index is -0.608. The van der Waals surface area contributed by atoms with Gasteiger partial charge in [0.2, 0.25) is 0 Å². The molecule has 0 saturated heterocycles. The number of nitrogens with zero attached hydrogens (tertiary/aromatic N) is 2. The Hall–Kier alpha value is -5.57. The Morgan fingerprint density at radius 3 is 2.19 bits per heavy atom. The lowest BCUT2D eigenvalue weighted by atomic mass is 10.1. The van der Waals surface area contributed by atoms with Crippen LogP contribution in [0.25, 0.3) is 28.4 Å². The first-order valence-corrected chi connectivity index (χ1v) is 13.2. The van der Waals surface area contributed by atoms with Crippen LogP contribution >= 0.6 is 22.6 Å². The highest BCUT2D eigenvalue weighted by Gasteiger charge is 2.21. The summed E-state index contributed by atoms with van der Waals surface area (Å²) in [7, 11) is 0. The summed E-state index contributed by atoms with van der Waals surface area (Å²) < 4.78 is 5.94. The third-order valence-electron chi connectivity index (χ3n) is 5.95. The van der Waals surface area contributed by atoms with Gasteiger partial charge in [0.05, 0.1) is 35.5 Å². The Balaban J connectivity index is 0.000000197. The maximum Gasteiger partial charge on any atom is 0.281 e. The largest absolute Gasteiger partial charge is 0.508 e. The molecule has 43 heavy (non-hydrogen) atoms. The molecule has 0 unspecified atom stereocenters. The minimum Gasteiger partial charge on any atom is -0.508 e. The van der Waals surface area contributed by atoms with E-state index >= 15 is 0 Å². The van der Waals surface area contributed by atoms with E-state index in [4.69, 9.17) is 4.42 Å². The van der Waals surface area contributed by atoms with Crippen molar-refractivity contribution in [1.29, 1.82) is 0 Å². The van der Waals surface area contributed by atoms with Gasteiger partial charge in [-0.05, 0) is 77.2 Å². The standard InChI is InChI=1S/C15H8INO5.C15H11NO5/c16-10-6-11(17(20)21)9(5-13(10)19)15-7-12(18)8-3-1-2-4-14(8)22-15;17-11-6-7-13(16(20)21)10(9-11)5-8-15(19)12-3-1-2-4-14(12)18/h1-7,19H;1-9,17-18H/b;8-5+. The predicted octanol–water partition coefficient (Wildman–Crippen LogP) is 6.58. The first-order valence-electron chi connectivity index (χ1n) is 12.1. The number of hydrogen-bond acceptors (Lipinski definition) is 10. The fraction of sp³-hybridized carbons (Fsp3) is 0. The molecule has 0 fully saturated rings. The SMILES string of the molecule is O=C(/C=C/c1cc(O)ccc1[N+](=O)[O-])c1ccccc1O.O=c1cc(-c2cc(O)c(I)cc2[N+](=O)[O-])oc2ccccc12. The molecule has 12 nitrogen and oxygen atoms in total. The number of ketones is 1. The third-order valence-corrected chi connectivity index (χ3v) is 6.82. The van der Waals surface area contributed by atoms with Gasteiger partial charge in [0.15, 0.2) is 11.2 Å². The van der Waals surface area contributed by atoms with Crippen LogP contribution in [0.2, 0.25) is 0 Å². The topological polar surface area (TPSA) is 194 Å². The second-order valence-electron chi connectivity index (χ2n) is 8.76. The molecule has 0 aliphatic carbocycles. The highest BCUT2D eigenvalue weighted by molar-refractivity contribution is 14.1. The Bertz CT molecular complexity index is 1980. The van der Waals surface area contributed by atoms with E-state index in [0.717, 1.165) is 12.1 Å². The summed E-state index contributed by atoms with van der Waals surface area (Å²) in [5.74, 6) is -0.877. The van der Waals surface area contributed by atoms with E-state index in [1.165, 1.54) is 48.5 Å². The van der Waals surface area contributed by atoms with Crippen molar-refractivity contribution >= 4 is 56.8 Å². The van der Waals surface area contributed by atoms with Crippen molar-refractivity contribution in [2.75, 3.05) is 0 Å². The van der Waals surface area contributed by atoms with Crippen LogP contribution in [0, 0.1) is 23.8 Å². The number of fused-ring (bicyclic) bond motifs is 1. The Labute approximate surface area is 255 Å². The number of aromatic hydroxyl groups is 3. The monoisotopic (exact) mass is 694 g/mol. The number of carbonyl (C=O) groups excluding carboxylic acids is 1. The van der Waals surface area contributed by atoms with E-state index in [1.54, 1.807) is 59.0 Å². The number of benzene rings is 4. The van der Waals surface area contributed by atoms with Gasteiger partial charge < -0.3 is 19.7 Å². The number of rotatable bonds is 6. The Kier molecular flexibility index (Phi) is 9.15. The molecule has 0 aliphatic rings. The molecule has 0 amide bonds. The molecule has 1 aromatic heterocycles. The molecular weight excluding hydrogens is 675 g/mol. The second-order valence-corrected chi connectivity index (χ2v) is 9.93. The lowest BCUT2D eigenvalue weighted by Crippen LogP contribution is -2.01. The summed E-state index contributed by atoms with van der Waals surface area (Å²) in [6, 6.07) is 19.8. The van der Waals surface area contributed by atoms with Crippen molar-refractivity contribution in [1.82, 2.24) is 0 Å². The third kappa shape index (κ3) is 7.02. The molecule has 0 spiro atoms. The average molecular weight is 694 g/mol. The number of halogens is 1. The summed E-state index contributed by atoms with van der Waals surface area (Å²) >= 11 is 1.79. The van der Waals surface area contributed by atoms with Gasteiger partial charge in [-0.15, -0.1) is 0 Å². The molecule has 216 valence electrons. The van der Waals surface area contributed by atoms with E-state index in [0.29, 0.717) is 14.5 Å². The van der Waals surface area contributed by atoms with E-state index in [9.17, 15) is 45.1 Å². The van der Waals surface area contributed by atoms with Crippen molar-refractivity contribution in [2.24, 2.45) is 0 Å². The van der Waals surface area contributed by atoms with Crippen molar-refractivity contribution in [3.8, 4) is 28.6 Å². The van der Waals surface area contributed by atoms with Crippen LogP contribution in [0.1, 0.15) is 15.9 Å². The molecule has 0 atom stereocenters. The molecule has 3 N–H and O–H groups in total. The van der Waals surface area contributed by atoms with Gasteiger partial charge in [-0.25, -0.2) is 0 Å². The van der Waals surface area contributed by atoms with Crippen molar-refractivity contribution in [3.05, 3.63) is 136 Å². The highest BCUT2D eigenvalue weighted by atomic mass is 127. The molecule has 5 aromatic rings. The van der Waals surface area contributed by atoms with Crippen LogP contribution in [0.3, 0.4) is 0 Å². The highest BCUT2D eigenvalue weighted by Crippen LogP contribution is 2.36. The predicted molar refractivity (Wildman–Crippen MR) is 165 cm³/mol. The molecular formula is C30H19IN2O10. The first-order chi connectivity index (χ1) is 20.5. The number of hydrogen-bond donors (Lipinski definition) is 3. The maximum absolute atomic E-state index is 12.1. The maximum atomic E-state index is 12.1. The van der Waals surface area contributed by atoms with Crippen LogP contribution in [0.15, 0.2) is 100 Å². The number of carbonyl (C=O) groups is 1. The van der Waals surface area contributed by atoms with Gasteiger partial charge in [-0.1, -0.05) is 24.3 Å². The van der Waals surface area contributed by atoms with Gasteiger partial charge in [-0.3, -0.25) is 29.8 Å². The zero-order chi connectivity index (χ0) is 31.3. The molecule has 0 saturated carbocycles. The molecule has 5 rings (SSSR count). The Morgan fingerprint density at radius 2 is 1.49 bits per heavy atom. The fourth-order valence-electron chi connectivity index (χ4n) is 3.92. The zero-order valence-corrected chi connectivity index (χ0v) is 23.9. The molecule has 0 bridgehead atoms. The number of allylic oxidation sites excluding steroid dienone is 1. The van der Waals surface area contributed by atoms with E-state index in [2.05, 4.69) is 0 Å². The average Bonchev–Trinajstić information content (AvgIpc) is 2.97. The fourth-order valence-corrected chi connectivity index (χ4v) is 4.37. The summed E-state index contributed by atoms with van der Waals surface area (Å²) in [5, 5.41) is 51.2. The lowest BCUT2D eigenvalue weighted by molar-refractivity contribution is -0.385. The Morgan fingerprint density at radius 1 is 0.814 bits per heavy atom. The number of phenolic OH excluding ortho intramolecular Hbond substituents is 3. The summed E-state index contributed by atoms with van der Waals surface area (Å²) in [4.78, 5) is 44.9. The van der Waals surface area contributed by atoms with Crippen LogP contribution in [0.5, 0.6) is 17.2 Å². The van der Waals surface area contributed by atoms with Crippen molar-refractivity contribution in [2.45, 2.75) is 0 Å². The zero-order valence-electron chi connectivity index (χ0n) is 21.7. The quantitative estimate of drug-likeness (QED) is 0.0575. The van der Waals surface area contributed by atoms with Crippen LogP contribution < -0.4 is 5.43 Å². The number of para-hydroxylation sites is 2. The summed E-state index contributed by atoms with van der Waals surface area (Å²) in [6.45, 7) is 0. The van der Waals surface area contributed by atoms with E-state index in [-0.39, 0.29) is 56.5 Å². The van der Waals surface area contributed by atoms with Crippen LogP contribution in [-0.2, 0) is 0 Å². The molecule has 4 aromatic carbocycles. The van der Waals surface area contributed by atoms with Crippen LogP contribution in [0.4, 0.5) is 11.4 Å². The van der Waals surface area contributed by atoms with Gasteiger partial charge >= 0.3 is 0 Å². The smallest absolute Gasteiger partial charge is 0.281 e. The van der Waals surface area contributed by atoms with Crippen molar-refractivity contribution in [3.63, 3.8) is 0 Å². The van der Waals surface area contributed by atoms with Gasteiger partial charge in [0, 0.05) is 18.2 Å². The lowest BCUT2D eigenvalue weighted by Gasteiger charge is -2.06. The van der Waals surface area contributed by atoms with Gasteiger partial charge in [0.1, 0.15) is 28.6 Å². The molecule has 13 heteroatoms. The molecule has 0 aliphatic heterocycles. The van der Waals surface area contributed by atoms with Gasteiger partial charge in [0.25, 0.3) is 11.4 Å². The number of phenols is 3. The number of nitro groups is 2.